The van der Waals surface area contributed by atoms with Gasteiger partial charge in [0.25, 0.3) is 5.91 Å². The molecule has 100 valence electrons. The molecule has 0 radical (unpaired) electrons. The summed E-state index contributed by atoms with van der Waals surface area (Å²) in [6, 6.07) is 13.1. The van der Waals surface area contributed by atoms with E-state index in [-0.39, 0.29) is 11.7 Å². The number of amides is 1. The summed E-state index contributed by atoms with van der Waals surface area (Å²) in [7, 11) is 0. The van der Waals surface area contributed by atoms with Crippen molar-refractivity contribution in [2.24, 2.45) is 0 Å². The van der Waals surface area contributed by atoms with Gasteiger partial charge in [0, 0.05) is 30.6 Å². The Kier molecular flexibility index (Phi) is 3.33. The van der Waals surface area contributed by atoms with E-state index in [1.807, 2.05) is 48.8 Å². The molecule has 3 rings (SSSR count). The SMILES string of the molecule is O=C(NCc1cc[nH]c1)c1cc(-c2ccccc2)no1. The zero-order valence-electron chi connectivity index (χ0n) is 10.7. The van der Waals surface area contributed by atoms with E-state index in [1.165, 1.54) is 0 Å². The lowest BCUT2D eigenvalue weighted by molar-refractivity contribution is 0.0914. The third-order valence-corrected chi connectivity index (χ3v) is 2.92. The number of carbonyl (C=O) groups excluding carboxylic acids is 1. The Bertz CT molecular complexity index is 687. The van der Waals surface area contributed by atoms with Gasteiger partial charge in [0.2, 0.25) is 5.76 Å². The van der Waals surface area contributed by atoms with E-state index in [9.17, 15) is 4.79 Å². The van der Waals surface area contributed by atoms with Crippen molar-refractivity contribution in [1.82, 2.24) is 15.5 Å². The Balaban J connectivity index is 1.69. The van der Waals surface area contributed by atoms with Crippen molar-refractivity contribution in [2.75, 3.05) is 0 Å². The van der Waals surface area contributed by atoms with Crippen LogP contribution in [0.1, 0.15) is 16.1 Å². The van der Waals surface area contributed by atoms with E-state index in [0.29, 0.717) is 12.2 Å². The van der Waals surface area contributed by atoms with Gasteiger partial charge in [-0.25, -0.2) is 0 Å². The lowest BCUT2D eigenvalue weighted by atomic mass is 10.1. The van der Waals surface area contributed by atoms with Crippen molar-refractivity contribution in [2.45, 2.75) is 6.54 Å². The lowest BCUT2D eigenvalue weighted by Gasteiger charge is -1.99. The van der Waals surface area contributed by atoms with E-state index in [2.05, 4.69) is 15.5 Å². The van der Waals surface area contributed by atoms with Crippen LogP contribution in [-0.2, 0) is 6.54 Å². The van der Waals surface area contributed by atoms with Gasteiger partial charge >= 0.3 is 0 Å². The van der Waals surface area contributed by atoms with Gasteiger partial charge in [0.1, 0.15) is 5.69 Å². The molecule has 2 N–H and O–H groups in total. The van der Waals surface area contributed by atoms with E-state index in [0.717, 1.165) is 11.1 Å². The van der Waals surface area contributed by atoms with Gasteiger partial charge in [-0.15, -0.1) is 0 Å². The molecule has 2 heterocycles. The van der Waals surface area contributed by atoms with Crippen LogP contribution in [0.3, 0.4) is 0 Å². The molecule has 0 saturated carbocycles. The van der Waals surface area contributed by atoms with Crippen LogP contribution in [0.2, 0.25) is 0 Å². The third-order valence-electron chi connectivity index (χ3n) is 2.92. The summed E-state index contributed by atoms with van der Waals surface area (Å²) in [6.07, 6.45) is 3.64. The van der Waals surface area contributed by atoms with E-state index in [1.54, 1.807) is 6.07 Å². The second kappa shape index (κ2) is 5.44. The van der Waals surface area contributed by atoms with Crippen molar-refractivity contribution in [3.8, 4) is 11.3 Å². The van der Waals surface area contributed by atoms with Gasteiger partial charge in [-0.05, 0) is 11.6 Å². The fraction of sp³-hybridized carbons (Fsp3) is 0.0667. The number of benzene rings is 1. The van der Waals surface area contributed by atoms with Crippen LogP contribution in [-0.4, -0.2) is 16.0 Å². The van der Waals surface area contributed by atoms with Gasteiger partial charge < -0.3 is 14.8 Å². The summed E-state index contributed by atoms with van der Waals surface area (Å²) in [4.78, 5) is 14.9. The van der Waals surface area contributed by atoms with Crippen LogP contribution in [0.4, 0.5) is 0 Å². The molecule has 0 fully saturated rings. The predicted octanol–water partition coefficient (Wildman–Crippen LogP) is 2.60. The highest BCUT2D eigenvalue weighted by Crippen LogP contribution is 2.18. The standard InChI is InChI=1S/C15H13N3O2/c19-15(17-10-11-6-7-16-9-11)14-8-13(18-20-14)12-4-2-1-3-5-12/h1-9,16H,10H2,(H,17,19). The first-order valence-electron chi connectivity index (χ1n) is 6.25. The Morgan fingerprint density at radius 2 is 2.10 bits per heavy atom. The molecule has 5 nitrogen and oxygen atoms in total. The summed E-state index contributed by atoms with van der Waals surface area (Å²) < 4.78 is 5.08. The highest BCUT2D eigenvalue weighted by molar-refractivity contribution is 5.92. The molecule has 0 aliphatic heterocycles. The van der Waals surface area contributed by atoms with Crippen LogP contribution in [0, 0.1) is 0 Å². The summed E-state index contributed by atoms with van der Waals surface area (Å²) in [6.45, 7) is 0.448. The molecule has 1 amide bonds. The van der Waals surface area contributed by atoms with Crippen LogP contribution < -0.4 is 5.32 Å². The average molecular weight is 267 g/mol. The second-order valence-corrected chi connectivity index (χ2v) is 4.34. The maximum Gasteiger partial charge on any atom is 0.290 e. The highest BCUT2D eigenvalue weighted by atomic mass is 16.5. The van der Waals surface area contributed by atoms with Crippen molar-refractivity contribution < 1.29 is 9.32 Å². The molecule has 0 atom stereocenters. The molecule has 5 heteroatoms. The third kappa shape index (κ3) is 2.61. The number of rotatable bonds is 4. The molecule has 2 aromatic heterocycles. The maximum atomic E-state index is 11.9. The summed E-state index contributed by atoms with van der Waals surface area (Å²) in [5.41, 5.74) is 2.57. The number of aromatic nitrogens is 2. The molecule has 0 spiro atoms. The Morgan fingerprint density at radius 3 is 2.85 bits per heavy atom. The van der Waals surface area contributed by atoms with Crippen molar-refractivity contribution >= 4 is 5.91 Å². The molecular weight excluding hydrogens is 254 g/mol. The van der Waals surface area contributed by atoms with Crippen molar-refractivity contribution in [3.63, 3.8) is 0 Å². The van der Waals surface area contributed by atoms with Gasteiger partial charge in [0.05, 0.1) is 0 Å². The summed E-state index contributed by atoms with van der Waals surface area (Å²) >= 11 is 0. The number of nitrogens with zero attached hydrogens (tertiary/aromatic N) is 1. The molecule has 1 aromatic carbocycles. The van der Waals surface area contributed by atoms with Gasteiger partial charge in [-0.1, -0.05) is 35.5 Å². The first-order valence-corrected chi connectivity index (χ1v) is 6.25. The Hall–Kier alpha value is -2.82. The summed E-state index contributed by atoms with van der Waals surface area (Å²) in [5.74, 6) is -0.0692. The maximum absolute atomic E-state index is 11.9. The molecule has 0 bridgehead atoms. The van der Waals surface area contributed by atoms with Crippen LogP contribution in [0.15, 0.2) is 59.4 Å². The topological polar surface area (TPSA) is 70.9 Å². The Labute approximate surface area is 115 Å². The molecular formula is C15H13N3O2. The summed E-state index contributed by atoms with van der Waals surface area (Å²) in [5, 5.41) is 6.68. The second-order valence-electron chi connectivity index (χ2n) is 4.34. The number of H-pyrrole nitrogens is 1. The monoisotopic (exact) mass is 267 g/mol. The van der Waals surface area contributed by atoms with Gasteiger partial charge in [-0.3, -0.25) is 4.79 Å². The predicted molar refractivity (Wildman–Crippen MR) is 73.9 cm³/mol. The Morgan fingerprint density at radius 1 is 1.25 bits per heavy atom. The molecule has 0 saturated heterocycles. The van der Waals surface area contributed by atoms with Crippen LogP contribution >= 0.6 is 0 Å². The highest BCUT2D eigenvalue weighted by Gasteiger charge is 2.13. The first-order chi connectivity index (χ1) is 9.83. The minimum atomic E-state index is -0.277. The number of carbonyl (C=O) groups is 1. The largest absolute Gasteiger partial charge is 0.367 e. The fourth-order valence-corrected chi connectivity index (χ4v) is 1.87. The quantitative estimate of drug-likeness (QED) is 0.763. The molecule has 0 aliphatic carbocycles. The molecule has 0 unspecified atom stereocenters. The van der Waals surface area contributed by atoms with Crippen molar-refractivity contribution in [3.05, 3.63) is 66.2 Å². The number of nitrogens with one attached hydrogen (secondary N) is 2. The van der Waals surface area contributed by atoms with E-state index >= 15 is 0 Å². The first kappa shape index (κ1) is 12.2. The zero-order valence-corrected chi connectivity index (χ0v) is 10.7. The van der Waals surface area contributed by atoms with E-state index in [4.69, 9.17) is 4.52 Å². The smallest absolute Gasteiger partial charge is 0.290 e. The number of hydrogen-bond donors (Lipinski definition) is 2. The average Bonchev–Trinajstić information content (AvgIpc) is 3.17. The van der Waals surface area contributed by atoms with Gasteiger partial charge in [0.15, 0.2) is 0 Å². The number of hydrogen-bond acceptors (Lipinski definition) is 3. The fourth-order valence-electron chi connectivity index (χ4n) is 1.87. The van der Waals surface area contributed by atoms with Crippen LogP contribution in [0.5, 0.6) is 0 Å². The normalized spacial score (nSPS) is 10.4. The molecule has 3 aromatic rings. The lowest BCUT2D eigenvalue weighted by Crippen LogP contribution is -2.21. The number of aromatic amines is 1. The molecule has 0 aliphatic rings. The minimum Gasteiger partial charge on any atom is -0.367 e. The minimum absolute atomic E-state index is 0.208. The van der Waals surface area contributed by atoms with Crippen molar-refractivity contribution in [1.29, 1.82) is 0 Å². The van der Waals surface area contributed by atoms with E-state index < -0.39 is 0 Å². The molecule has 20 heavy (non-hydrogen) atoms. The zero-order chi connectivity index (χ0) is 13.8. The van der Waals surface area contributed by atoms with Crippen LogP contribution in [0.25, 0.3) is 11.3 Å². The van der Waals surface area contributed by atoms with Gasteiger partial charge in [-0.2, -0.15) is 0 Å².